The van der Waals surface area contributed by atoms with Gasteiger partial charge in [0.1, 0.15) is 9.88 Å². The maximum absolute atomic E-state index is 12.3. The highest BCUT2D eigenvalue weighted by Crippen LogP contribution is 2.34. The van der Waals surface area contributed by atoms with Gasteiger partial charge in [-0.2, -0.15) is 0 Å². The molecule has 0 fully saturated rings. The number of benzene rings is 1. The Bertz CT molecular complexity index is 919. The molecule has 148 valence electrons. The van der Waals surface area contributed by atoms with Crippen LogP contribution in [0.15, 0.2) is 30.3 Å². The molecule has 0 aliphatic rings. The van der Waals surface area contributed by atoms with Gasteiger partial charge in [-0.3, -0.25) is 4.79 Å². The highest BCUT2D eigenvalue weighted by atomic mass is 35.5. The number of carbonyl (C=O) groups excluding carboxylic acids is 3. The van der Waals surface area contributed by atoms with E-state index in [1.54, 1.807) is 51.1 Å². The maximum atomic E-state index is 12.3. The SMILES string of the molecule is CCOC(=O)c1sc(NC(=O)/C=C/c2ccccc2Cl)c(C(=O)OCC)c1C. The number of carbonyl (C=O) groups is 3. The molecule has 8 heteroatoms. The summed E-state index contributed by atoms with van der Waals surface area (Å²) in [6.45, 7) is 5.35. The summed E-state index contributed by atoms with van der Waals surface area (Å²) in [6.07, 6.45) is 2.86. The predicted molar refractivity (Wildman–Crippen MR) is 110 cm³/mol. The van der Waals surface area contributed by atoms with E-state index >= 15 is 0 Å². The van der Waals surface area contributed by atoms with Crippen LogP contribution in [0.1, 0.15) is 45.0 Å². The van der Waals surface area contributed by atoms with E-state index in [0.717, 1.165) is 11.3 Å². The molecule has 0 saturated heterocycles. The molecule has 0 saturated carbocycles. The molecule has 0 aliphatic heterocycles. The third-order valence-corrected chi connectivity index (χ3v) is 5.17. The number of amides is 1. The van der Waals surface area contributed by atoms with E-state index in [4.69, 9.17) is 21.1 Å². The zero-order chi connectivity index (χ0) is 20.7. The fourth-order valence-corrected chi connectivity index (χ4v) is 3.66. The molecule has 2 rings (SSSR count). The summed E-state index contributed by atoms with van der Waals surface area (Å²) in [6, 6.07) is 7.07. The number of halogens is 1. The molecular weight excluding hydrogens is 402 g/mol. The van der Waals surface area contributed by atoms with Crippen molar-refractivity contribution in [3.05, 3.63) is 56.9 Å². The molecule has 1 amide bonds. The van der Waals surface area contributed by atoms with Crippen LogP contribution in [0.2, 0.25) is 5.02 Å². The van der Waals surface area contributed by atoms with Crippen molar-refractivity contribution >= 4 is 51.9 Å². The Morgan fingerprint density at radius 3 is 2.39 bits per heavy atom. The lowest BCUT2D eigenvalue weighted by atomic mass is 10.1. The average molecular weight is 422 g/mol. The summed E-state index contributed by atoms with van der Waals surface area (Å²) in [7, 11) is 0. The van der Waals surface area contributed by atoms with Gasteiger partial charge in [0.25, 0.3) is 0 Å². The number of rotatable bonds is 7. The zero-order valence-electron chi connectivity index (χ0n) is 15.7. The van der Waals surface area contributed by atoms with Gasteiger partial charge < -0.3 is 14.8 Å². The third-order valence-electron chi connectivity index (χ3n) is 3.64. The van der Waals surface area contributed by atoms with Crippen molar-refractivity contribution in [1.82, 2.24) is 0 Å². The van der Waals surface area contributed by atoms with Crippen molar-refractivity contribution in [2.45, 2.75) is 20.8 Å². The zero-order valence-corrected chi connectivity index (χ0v) is 17.3. The molecular formula is C20H20ClNO5S. The molecule has 6 nitrogen and oxygen atoms in total. The quantitative estimate of drug-likeness (QED) is 0.517. The Hall–Kier alpha value is -2.64. The Morgan fingerprint density at radius 1 is 1.11 bits per heavy atom. The summed E-state index contributed by atoms with van der Waals surface area (Å²) >= 11 is 7.04. The summed E-state index contributed by atoms with van der Waals surface area (Å²) in [5, 5.41) is 3.38. The first-order chi connectivity index (χ1) is 13.4. The van der Waals surface area contributed by atoms with E-state index in [1.165, 1.54) is 6.08 Å². The van der Waals surface area contributed by atoms with Crippen molar-refractivity contribution in [3.8, 4) is 0 Å². The first-order valence-corrected chi connectivity index (χ1v) is 9.79. The minimum Gasteiger partial charge on any atom is -0.462 e. The minimum absolute atomic E-state index is 0.148. The minimum atomic E-state index is -0.614. The molecule has 0 atom stereocenters. The van der Waals surface area contributed by atoms with E-state index in [1.807, 2.05) is 0 Å². The lowest BCUT2D eigenvalue weighted by Crippen LogP contribution is -2.13. The van der Waals surface area contributed by atoms with Crippen molar-refractivity contribution in [2.24, 2.45) is 0 Å². The second-order valence-electron chi connectivity index (χ2n) is 5.55. The van der Waals surface area contributed by atoms with Crippen LogP contribution < -0.4 is 5.32 Å². The molecule has 1 aromatic carbocycles. The van der Waals surface area contributed by atoms with E-state index in [0.29, 0.717) is 16.1 Å². The van der Waals surface area contributed by atoms with E-state index < -0.39 is 17.8 Å². The number of anilines is 1. The highest BCUT2D eigenvalue weighted by molar-refractivity contribution is 7.18. The maximum Gasteiger partial charge on any atom is 0.348 e. The summed E-state index contributed by atoms with van der Waals surface area (Å²) < 4.78 is 10.1. The molecule has 1 N–H and O–H groups in total. The van der Waals surface area contributed by atoms with Gasteiger partial charge in [-0.1, -0.05) is 29.8 Å². The first kappa shape index (κ1) is 21.7. The lowest BCUT2D eigenvalue weighted by molar-refractivity contribution is -0.111. The van der Waals surface area contributed by atoms with E-state index in [2.05, 4.69) is 5.32 Å². The van der Waals surface area contributed by atoms with Crippen LogP contribution >= 0.6 is 22.9 Å². The Balaban J connectivity index is 2.31. The molecule has 28 heavy (non-hydrogen) atoms. The molecule has 0 aliphatic carbocycles. The van der Waals surface area contributed by atoms with E-state index in [-0.39, 0.29) is 28.7 Å². The molecule has 1 heterocycles. The van der Waals surface area contributed by atoms with Crippen molar-refractivity contribution in [3.63, 3.8) is 0 Å². The molecule has 0 spiro atoms. The molecule has 0 unspecified atom stereocenters. The van der Waals surface area contributed by atoms with Crippen LogP contribution in [-0.2, 0) is 14.3 Å². The number of esters is 2. The molecule has 1 aromatic heterocycles. The fourth-order valence-electron chi connectivity index (χ4n) is 2.37. The Morgan fingerprint density at radius 2 is 1.75 bits per heavy atom. The van der Waals surface area contributed by atoms with Gasteiger partial charge in [0.15, 0.2) is 0 Å². The largest absolute Gasteiger partial charge is 0.462 e. The van der Waals surface area contributed by atoms with Crippen LogP contribution in [0.4, 0.5) is 5.00 Å². The van der Waals surface area contributed by atoms with E-state index in [9.17, 15) is 14.4 Å². The Labute approximate surface area is 172 Å². The van der Waals surface area contributed by atoms with Crippen LogP contribution in [-0.4, -0.2) is 31.1 Å². The normalized spacial score (nSPS) is 10.7. The molecule has 0 radical (unpaired) electrons. The molecule has 2 aromatic rings. The summed E-state index contributed by atoms with van der Waals surface area (Å²) in [5.41, 5.74) is 1.24. The van der Waals surface area contributed by atoms with Gasteiger partial charge in [0.05, 0.1) is 18.8 Å². The topological polar surface area (TPSA) is 81.7 Å². The molecule has 0 bridgehead atoms. The van der Waals surface area contributed by atoms with Gasteiger partial charge in [0.2, 0.25) is 5.91 Å². The van der Waals surface area contributed by atoms with Crippen LogP contribution in [0.3, 0.4) is 0 Å². The second-order valence-corrected chi connectivity index (χ2v) is 6.97. The monoisotopic (exact) mass is 421 g/mol. The van der Waals surface area contributed by atoms with Gasteiger partial charge >= 0.3 is 11.9 Å². The summed E-state index contributed by atoms with van der Waals surface area (Å²) in [4.78, 5) is 37.1. The van der Waals surface area contributed by atoms with Crippen LogP contribution in [0.5, 0.6) is 0 Å². The van der Waals surface area contributed by atoms with Crippen LogP contribution in [0, 0.1) is 6.92 Å². The second kappa shape index (κ2) is 10.1. The number of ether oxygens (including phenoxy) is 2. The van der Waals surface area contributed by atoms with Crippen molar-refractivity contribution in [1.29, 1.82) is 0 Å². The number of thiophene rings is 1. The first-order valence-electron chi connectivity index (χ1n) is 8.60. The highest BCUT2D eigenvalue weighted by Gasteiger charge is 2.27. The van der Waals surface area contributed by atoms with Gasteiger partial charge in [0, 0.05) is 11.1 Å². The van der Waals surface area contributed by atoms with Gasteiger partial charge in [-0.15, -0.1) is 11.3 Å². The number of hydrogen-bond acceptors (Lipinski definition) is 6. The smallest absolute Gasteiger partial charge is 0.348 e. The summed E-state index contributed by atoms with van der Waals surface area (Å²) in [5.74, 6) is -1.64. The van der Waals surface area contributed by atoms with Gasteiger partial charge in [-0.05, 0) is 44.0 Å². The van der Waals surface area contributed by atoms with Crippen LogP contribution in [0.25, 0.3) is 6.08 Å². The average Bonchev–Trinajstić information content (AvgIpc) is 2.97. The number of hydrogen-bond donors (Lipinski definition) is 1. The lowest BCUT2D eigenvalue weighted by Gasteiger charge is -2.05. The van der Waals surface area contributed by atoms with Gasteiger partial charge in [-0.25, -0.2) is 9.59 Å². The standard InChI is InChI=1S/C20H20ClNO5S/c1-4-26-19(24)16-12(3)17(20(25)27-5-2)28-18(16)22-15(23)11-10-13-8-6-7-9-14(13)21/h6-11H,4-5H2,1-3H3,(H,22,23)/b11-10+. The Kier molecular flexibility index (Phi) is 7.78. The third kappa shape index (κ3) is 5.21. The van der Waals surface area contributed by atoms with Crippen molar-refractivity contribution in [2.75, 3.05) is 18.5 Å². The number of nitrogens with one attached hydrogen (secondary N) is 1. The van der Waals surface area contributed by atoms with Crippen molar-refractivity contribution < 1.29 is 23.9 Å². The predicted octanol–water partition coefficient (Wildman–Crippen LogP) is 4.72. The fraction of sp³-hybridized carbons (Fsp3) is 0.250.